The molecule has 1 rings (SSSR count). The van der Waals surface area contributed by atoms with Crippen LogP contribution in [0.1, 0.15) is 30.5 Å². The van der Waals surface area contributed by atoms with Crippen LogP contribution in [0.2, 0.25) is 0 Å². The Hall–Kier alpha value is -0.830. The van der Waals surface area contributed by atoms with Crippen molar-refractivity contribution >= 4 is 21.9 Å². The molecule has 3 heteroatoms. The van der Waals surface area contributed by atoms with Crippen LogP contribution in [-0.4, -0.2) is 11.1 Å². The maximum Gasteiger partial charge on any atom is 0.309 e. The van der Waals surface area contributed by atoms with E-state index in [2.05, 4.69) is 22.0 Å². The summed E-state index contributed by atoms with van der Waals surface area (Å²) in [6, 6.07) is 4.07. The summed E-state index contributed by atoms with van der Waals surface area (Å²) in [6.45, 7) is 7.58. The van der Waals surface area contributed by atoms with Gasteiger partial charge in [0.25, 0.3) is 0 Å². The van der Waals surface area contributed by atoms with Gasteiger partial charge in [-0.2, -0.15) is 0 Å². The number of halogens is 1. The Bertz CT molecular complexity index is 399. The molecule has 1 aromatic rings. The molecule has 16 heavy (non-hydrogen) atoms. The zero-order valence-corrected chi connectivity index (χ0v) is 11.7. The number of carboxylic acid groups (broad SMARTS) is 1. The Morgan fingerprint density at radius 2 is 1.94 bits per heavy atom. The third kappa shape index (κ3) is 2.85. The summed E-state index contributed by atoms with van der Waals surface area (Å²) in [5.41, 5.74) is 2.73. The molecular formula is C13H17BrO2. The summed E-state index contributed by atoms with van der Waals surface area (Å²) in [7, 11) is 0. The van der Waals surface area contributed by atoms with Gasteiger partial charge in [0.2, 0.25) is 0 Å². The van der Waals surface area contributed by atoms with E-state index in [-0.39, 0.29) is 0 Å². The van der Waals surface area contributed by atoms with Gasteiger partial charge in [0.15, 0.2) is 0 Å². The average Bonchev–Trinajstić information content (AvgIpc) is 2.13. The Morgan fingerprint density at radius 3 is 2.38 bits per heavy atom. The van der Waals surface area contributed by atoms with Gasteiger partial charge in [0.1, 0.15) is 0 Å². The molecule has 0 amide bonds. The van der Waals surface area contributed by atoms with Gasteiger partial charge in [-0.3, -0.25) is 4.79 Å². The first-order valence-electron chi connectivity index (χ1n) is 5.23. The van der Waals surface area contributed by atoms with E-state index in [1.54, 1.807) is 13.8 Å². The molecule has 0 aliphatic carbocycles. The summed E-state index contributed by atoms with van der Waals surface area (Å²) in [4.78, 5) is 11.1. The fourth-order valence-corrected chi connectivity index (χ4v) is 2.18. The van der Waals surface area contributed by atoms with Crippen molar-refractivity contribution in [3.05, 3.63) is 33.3 Å². The van der Waals surface area contributed by atoms with E-state index in [4.69, 9.17) is 5.11 Å². The number of carboxylic acids is 1. The standard InChI is InChI=1S/C13H17BrO2/c1-8-5-10(6-11(14)9(8)2)7-13(3,4)12(15)16/h5-6H,7H2,1-4H3,(H,15,16). The molecule has 0 radical (unpaired) electrons. The van der Waals surface area contributed by atoms with Crippen molar-refractivity contribution in [1.29, 1.82) is 0 Å². The van der Waals surface area contributed by atoms with Gasteiger partial charge in [0, 0.05) is 4.47 Å². The van der Waals surface area contributed by atoms with Gasteiger partial charge in [-0.05, 0) is 56.9 Å². The van der Waals surface area contributed by atoms with Gasteiger partial charge in [-0.1, -0.05) is 22.0 Å². The van der Waals surface area contributed by atoms with Crippen LogP contribution in [0.15, 0.2) is 16.6 Å². The molecule has 0 aliphatic heterocycles. The second-order valence-corrected chi connectivity index (χ2v) is 5.74. The monoisotopic (exact) mass is 284 g/mol. The van der Waals surface area contributed by atoms with Crippen LogP contribution in [0.5, 0.6) is 0 Å². The Kier molecular flexibility index (Phi) is 3.79. The lowest BCUT2D eigenvalue weighted by atomic mass is 9.85. The first kappa shape index (κ1) is 13.2. The maximum absolute atomic E-state index is 11.1. The topological polar surface area (TPSA) is 37.3 Å². The van der Waals surface area contributed by atoms with E-state index in [0.717, 1.165) is 10.0 Å². The minimum Gasteiger partial charge on any atom is -0.481 e. The fourth-order valence-electron chi connectivity index (χ4n) is 1.58. The highest BCUT2D eigenvalue weighted by atomic mass is 79.9. The van der Waals surface area contributed by atoms with E-state index in [1.165, 1.54) is 11.1 Å². The highest BCUT2D eigenvalue weighted by Gasteiger charge is 2.27. The number of hydrogen-bond acceptors (Lipinski definition) is 1. The lowest BCUT2D eigenvalue weighted by Crippen LogP contribution is -2.26. The summed E-state index contributed by atoms with van der Waals surface area (Å²) in [5.74, 6) is -0.762. The molecule has 0 saturated heterocycles. The second-order valence-electron chi connectivity index (χ2n) is 4.89. The Morgan fingerprint density at radius 1 is 1.38 bits per heavy atom. The predicted molar refractivity (Wildman–Crippen MR) is 68.7 cm³/mol. The van der Waals surface area contributed by atoms with Gasteiger partial charge < -0.3 is 5.11 Å². The van der Waals surface area contributed by atoms with Gasteiger partial charge in [-0.15, -0.1) is 0 Å². The van der Waals surface area contributed by atoms with Crippen molar-refractivity contribution in [2.75, 3.05) is 0 Å². The molecule has 1 N–H and O–H groups in total. The molecule has 0 unspecified atom stereocenters. The first-order valence-corrected chi connectivity index (χ1v) is 6.02. The molecule has 1 aromatic carbocycles. The zero-order valence-electron chi connectivity index (χ0n) is 10.1. The molecule has 0 spiro atoms. The Labute approximate surface area is 105 Å². The van der Waals surface area contributed by atoms with Crippen LogP contribution in [0, 0.1) is 19.3 Å². The molecule has 0 saturated carbocycles. The SMILES string of the molecule is Cc1cc(CC(C)(C)C(=O)O)cc(Br)c1C. The van der Waals surface area contributed by atoms with Crippen molar-refractivity contribution in [3.8, 4) is 0 Å². The normalized spacial score (nSPS) is 11.6. The largest absolute Gasteiger partial charge is 0.481 e. The van der Waals surface area contributed by atoms with Crippen molar-refractivity contribution in [1.82, 2.24) is 0 Å². The summed E-state index contributed by atoms with van der Waals surface area (Å²) < 4.78 is 1.05. The lowest BCUT2D eigenvalue weighted by molar-refractivity contribution is -0.146. The minimum atomic E-state index is -0.762. The summed E-state index contributed by atoms with van der Waals surface area (Å²) in [6.07, 6.45) is 0.544. The zero-order chi connectivity index (χ0) is 12.5. The van der Waals surface area contributed by atoms with Crippen molar-refractivity contribution in [2.45, 2.75) is 34.1 Å². The molecule has 0 heterocycles. The minimum absolute atomic E-state index is 0.544. The number of aliphatic carboxylic acids is 1. The molecule has 0 aliphatic rings. The van der Waals surface area contributed by atoms with Crippen LogP contribution in [0.25, 0.3) is 0 Å². The van der Waals surface area contributed by atoms with Gasteiger partial charge in [-0.25, -0.2) is 0 Å². The van der Waals surface area contributed by atoms with Gasteiger partial charge in [0.05, 0.1) is 5.41 Å². The van der Waals surface area contributed by atoms with E-state index in [0.29, 0.717) is 6.42 Å². The number of rotatable bonds is 3. The summed E-state index contributed by atoms with van der Waals surface area (Å²) >= 11 is 3.49. The quantitative estimate of drug-likeness (QED) is 0.919. The average molecular weight is 285 g/mol. The number of carbonyl (C=O) groups is 1. The molecule has 0 atom stereocenters. The highest BCUT2D eigenvalue weighted by Crippen LogP contribution is 2.27. The predicted octanol–water partition coefficient (Wildman–Crippen LogP) is 3.72. The summed E-state index contributed by atoms with van der Waals surface area (Å²) in [5, 5.41) is 9.08. The smallest absolute Gasteiger partial charge is 0.309 e. The second kappa shape index (κ2) is 4.58. The lowest BCUT2D eigenvalue weighted by Gasteiger charge is -2.20. The maximum atomic E-state index is 11.1. The van der Waals surface area contributed by atoms with E-state index >= 15 is 0 Å². The molecule has 0 aromatic heterocycles. The molecular weight excluding hydrogens is 268 g/mol. The molecule has 0 bridgehead atoms. The van der Waals surface area contributed by atoms with Gasteiger partial charge >= 0.3 is 5.97 Å². The van der Waals surface area contributed by atoms with Crippen molar-refractivity contribution in [3.63, 3.8) is 0 Å². The third-order valence-corrected chi connectivity index (χ3v) is 3.71. The number of aryl methyl sites for hydroxylation is 1. The fraction of sp³-hybridized carbons (Fsp3) is 0.462. The van der Waals surface area contributed by atoms with E-state index < -0.39 is 11.4 Å². The first-order chi connectivity index (χ1) is 7.24. The van der Waals surface area contributed by atoms with Crippen LogP contribution >= 0.6 is 15.9 Å². The van der Waals surface area contributed by atoms with Crippen LogP contribution in [0.3, 0.4) is 0 Å². The Balaban J connectivity index is 3.04. The third-order valence-electron chi connectivity index (χ3n) is 2.89. The van der Waals surface area contributed by atoms with Crippen LogP contribution in [0.4, 0.5) is 0 Å². The van der Waals surface area contributed by atoms with E-state index in [1.807, 2.05) is 19.9 Å². The number of hydrogen-bond donors (Lipinski definition) is 1. The molecule has 88 valence electrons. The highest BCUT2D eigenvalue weighted by molar-refractivity contribution is 9.10. The van der Waals surface area contributed by atoms with Crippen LogP contribution in [-0.2, 0) is 11.2 Å². The van der Waals surface area contributed by atoms with E-state index in [9.17, 15) is 4.79 Å². The van der Waals surface area contributed by atoms with Crippen molar-refractivity contribution in [2.24, 2.45) is 5.41 Å². The number of benzene rings is 1. The molecule has 0 fully saturated rings. The van der Waals surface area contributed by atoms with Crippen molar-refractivity contribution < 1.29 is 9.90 Å². The van der Waals surface area contributed by atoms with Crippen LogP contribution < -0.4 is 0 Å². The molecule has 2 nitrogen and oxygen atoms in total.